The van der Waals surface area contributed by atoms with Gasteiger partial charge in [-0.15, -0.1) is 0 Å². The molecule has 0 saturated carbocycles. The Morgan fingerprint density at radius 3 is 2.92 bits per heavy atom. The summed E-state index contributed by atoms with van der Waals surface area (Å²) in [7, 11) is 1.59. The van der Waals surface area contributed by atoms with E-state index >= 15 is 0 Å². The van der Waals surface area contributed by atoms with Crippen LogP contribution in [0.4, 0.5) is 5.82 Å². The van der Waals surface area contributed by atoms with Crippen molar-refractivity contribution in [3.63, 3.8) is 0 Å². The summed E-state index contributed by atoms with van der Waals surface area (Å²) in [4.78, 5) is 15.3. The van der Waals surface area contributed by atoms with Crippen LogP contribution in [-0.4, -0.2) is 24.5 Å². The Balaban J connectivity index is 2.85. The van der Waals surface area contributed by atoms with E-state index in [0.29, 0.717) is 5.69 Å². The van der Waals surface area contributed by atoms with Gasteiger partial charge < -0.3 is 10.6 Å². The van der Waals surface area contributed by atoms with Gasteiger partial charge in [-0.05, 0) is 19.1 Å². The van der Waals surface area contributed by atoms with Crippen LogP contribution in [0.2, 0.25) is 0 Å². The third-order valence-electron chi connectivity index (χ3n) is 1.57. The standard InChI is InChI=1S/C9H13N3O/c1-3-11-8-6-4-5-7(12-8)9(13)10-2/h4-6H,3H2,1-2H3,(H,10,13)(H,11,12). The third-order valence-corrected chi connectivity index (χ3v) is 1.57. The molecule has 0 aliphatic heterocycles. The van der Waals surface area contributed by atoms with Crippen LogP contribution in [0.15, 0.2) is 18.2 Å². The maximum Gasteiger partial charge on any atom is 0.269 e. The third kappa shape index (κ3) is 2.43. The van der Waals surface area contributed by atoms with Crippen molar-refractivity contribution in [2.75, 3.05) is 18.9 Å². The van der Waals surface area contributed by atoms with Crippen molar-refractivity contribution in [1.29, 1.82) is 0 Å². The number of nitrogens with one attached hydrogen (secondary N) is 2. The number of anilines is 1. The summed E-state index contributed by atoms with van der Waals surface area (Å²) in [5.74, 6) is 0.559. The predicted molar refractivity (Wildman–Crippen MR) is 51.8 cm³/mol. The van der Waals surface area contributed by atoms with Crippen LogP contribution in [0.1, 0.15) is 17.4 Å². The van der Waals surface area contributed by atoms with E-state index in [-0.39, 0.29) is 5.91 Å². The Labute approximate surface area is 77.4 Å². The molecular formula is C9H13N3O. The molecule has 0 bridgehead atoms. The summed E-state index contributed by atoms with van der Waals surface area (Å²) in [6.07, 6.45) is 0. The van der Waals surface area contributed by atoms with Crippen LogP contribution in [-0.2, 0) is 0 Å². The number of amides is 1. The number of carbonyl (C=O) groups excluding carboxylic acids is 1. The van der Waals surface area contributed by atoms with Crippen LogP contribution < -0.4 is 10.6 Å². The Morgan fingerprint density at radius 2 is 2.31 bits per heavy atom. The van der Waals surface area contributed by atoms with Gasteiger partial charge in [-0.25, -0.2) is 4.98 Å². The van der Waals surface area contributed by atoms with Crippen LogP contribution in [0.25, 0.3) is 0 Å². The van der Waals surface area contributed by atoms with Gasteiger partial charge >= 0.3 is 0 Å². The van der Waals surface area contributed by atoms with Crippen LogP contribution in [0.5, 0.6) is 0 Å². The molecule has 13 heavy (non-hydrogen) atoms. The number of nitrogens with zero attached hydrogens (tertiary/aromatic N) is 1. The quantitative estimate of drug-likeness (QED) is 0.724. The molecule has 4 nitrogen and oxygen atoms in total. The van der Waals surface area contributed by atoms with Crippen molar-refractivity contribution < 1.29 is 4.79 Å². The number of pyridine rings is 1. The van der Waals surface area contributed by atoms with Gasteiger partial charge in [0.05, 0.1) is 0 Å². The molecule has 0 spiro atoms. The lowest BCUT2D eigenvalue weighted by Gasteiger charge is -2.03. The number of hydrogen-bond acceptors (Lipinski definition) is 3. The molecule has 0 aliphatic carbocycles. The fourth-order valence-corrected chi connectivity index (χ4v) is 0.969. The van der Waals surface area contributed by atoms with Crippen LogP contribution >= 0.6 is 0 Å². The highest BCUT2D eigenvalue weighted by molar-refractivity contribution is 5.92. The van der Waals surface area contributed by atoms with Gasteiger partial charge in [-0.1, -0.05) is 6.07 Å². The van der Waals surface area contributed by atoms with E-state index in [1.807, 2.05) is 13.0 Å². The smallest absolute Gasteiger partial charge is 0.269 e. The van der Waals surface area contributed by atoms with E-state index in [1.165, 1.54) is 0 Å². The van der Waals surface area contributed by atoms with Crippen LogP contribution in [0.3, 0.4) is 0 Å². The predicted octanol–water partition coefficient (Wildman–Crippen LogP) is 0.873. The molecule has 4 heteroatoms. The summed E-state index contributed by atoms with van der Waals surface area (Å²) in [5.41, 5.74) is 0.431. The Kier molecular flexibility index (Phi) is 3.25. The zero-order chi connectivity index (χ0) is 9.68. The van der Waals surface area contributed by atoms with Crippen molar-refractivity contribution in [2.45, 2.75) is 6.92 Å². The van der Waals surface area contributed by atoms with E-state index < -0.39 is 0 Å². The Bertz CT molecular complexity index is 299. The minimum absolute atomic E-state index is 0.167. The summed E-state index contributed by atoms with van der Waals surface area (Å²) in [6, 6.07) is 5.31. The summed E-state index contributed by atoms with van der Waals surface area (Å²) in [5, 5.41) is 5.56. The first-order valence-corrected chi connectivity index (χ1v) is 4.21. The molecule has 0 fully saturated rings. The monoisotopic (exact) mass is 179 g/mol. The minimum Gasteiger partial charge on any atom is -0.370 e. The normalized spacial score (nSPS) is 9.38. The van der Waals surface area contributed by atoms with Crippen molar-refractivity contribution in [3.05, 3.63) is 23.9 Å². The maximum atomic E-state index is 11.2. The fraction of sp³-hybridized carbons (Fsp3) is 0.333. The topological polar surface area (TPSA) is 54.0 Å². The van der Waals surface area contributed by atoms with E-state index in [4.69, 9.17) is 0 Å². The second-order valence-electron chi connectivity index (χ2n) is 2.52. The highest BCUT2D eigenvalue weighted by Gasteiger charge is 2.03. The second-order valence-corrected chi connectivity index (χ2v) is 2.52. The minimum atomic E-state index is -0.167. The summed E-state index contributed by atoms with van der Waals surface area (Å²) < 4.78 is 0. The SMILES string of the molecule is CCNc1cccc(C(=O)NC)n1. The molecule has 0 aliphatic rings. The molecular weight excluding hydrogens is 166 g/mol. The molecule has 0 saturated heterocycles. The average Bonchev–Trinajstić information content (AvgIpc) is 2.18. The first-order valence-electron chi connectivity index (χ1n) is 4.21. The maximum absolute atomic E-state index is 11.2. The van der Waals surface area contributed by atoms with Gasteiger partial charge in [-0.3, -0.25) is 4.79 Å². The molecule has 0 radical (unpaired) electrons. The average molecular weight is 179 g/mol. The highest BCUT2D eigenvalue weighted by Crippen LogP contribution is 2.03. The molecule has 1 rings (SSSR count). The van der Waals surface area contributed by atoms with Gasteiger partial charge in [0.2, 0.25) is 0 Å². The lowest BCUT2D eigenvalue weighted by atomic mass is 10.3. The number of rotatable bonds is 3. The van der Waals surface area contributed by atoms with Crippen LogP contribution in [0, 0.1) is 0 Å². The molecule has 0 unspecified atom stereocenters. The van der Waals surface area contributed by atoms with E-state index in [0.717, 1.165) is 12.4 Å². The van der Waals surface area contributed by atoms with Gasteiger partial charge in [0.1, 0.15) is 11.5 Å². The lowest BCUT2D eigenvalue weighted by molar-refractivity contribution is 0.0958. The molecule has 2 N–H and O–H groups in total. The van der Waals surface area contributed by atoms with Crippen molar-refractivity contribution >= 4 is 11.7 Å². The summed E-state index contributed by atoms with van der Waals surface area (Å²) in [6.45, 7) is 2.78. The molecule has 0 atom stereocenters. The van der Waals surface area contributed by atoms with E-state index in [2.05, 4.69) is 15.6 Å². The Morgan fingerprint density at radius 1 is 1.54 bits per heavy atom. The zero-order valence-electron chi connectivity index (χ0n) is 7.79. The fourth-order valence-electron chi connectivity index (χ4n) is 0.969. The molecule has 1 heterocycles. The molecule has 1 aromatic heterocycles. The Hall–Kier alpha value is -1.58. The van der Waals surface area contributed by atoms with Crippen molar-refractivity contribution in [1.82, 2.24) is 10.3 Å². The van der Waals surface area contributed by atoms with E-state index in [9.17, 15) is 4.79 Å². The largest absolute Gasteiger partial charge is 0.370 e. The van der Waals surface area contributed by atoms with Crippen molar-refractivity contribution in [2.24, 2.45) is 0 Å². The zero-order valence-corrected chi connectivity index (χ0v) is 7.79. The van der Waals surface area contributed by atoms with Gasteiger partial charge in [0, 0.05) is 13.6 Å². The number of carbonyl (C=O) groups is 1. The van der Waals surface area contributed by atoms with Gasteiger partial charge in [0.25, 0.3) is 5.91 Å². The van der Waals surface area contributed by atoms with E-state index in [1.54, 1.807) is 19.2 Å². The number of hydrogen-bond donors (Lipinski definition) is 2. The van der Waals surface area contributed by atoms with Gasteiger partial charge in [-0.2, -0.15) is 0 Å². The summed E-state index contributed by atoms with van der Waals surface area (Å²) >= 11 is 0. The second kappa shape index (κ2) is 4.45. The first-order chi connectivity index (χ1) is 6.27. The molecule has 0 aromatic carbocycles. The first kappa shape index (κ1) is 9.51. The lowest BCUT2D eigenvalue weighted by Crippen LogP contribution is -2.19. The molecule has 1 amide bonds. The number of aromatic nitrogens is 1. The highest BCUT2D eigenvalue weighted by atomic mass is 16.1. The molecule has 1 aromatic rings. The van der Waals surface area contributed by atoms with Crippen molar-refractivity contribution in [3.8, 4) is 0 Å². The molecule has 70 valence electrons. The van der Waals surface area contributed by atoms with Gasteiger partial charge in [0.15, 0.2) is 0 Å².